The van der Waals surface area contributed by atoms with Gasteiger partial charge in [0.05, 0.1) is 15.8 Å². The minimum atomic E-state index is -2.82. The summed E-state index contributed by atoms with van der Waals surface area (Å²) in [4.78, 5) is 1.25. The monoisotopic (exact) mass is 349 g/mol. The van der Waals surface area contributed by atoms with Crippen LogP contribution in [0.5, 0.6) is 0 Å². The molecule has 0 bridgehead atoms. The Morgan fingerprint density at radius 2 is 2.14 bits per heavy atom. The molecule has 1 N–H and O–H groups in total. The molecule has 0 amide bonds. The lowest BCUT2D eigenvalue weighted by atomic mass is 9.88. The first-order valence-corrected chi connectivity index (χ1v) is 10.5. The zero-order chi connectivity index (χ0) is 15.5. The van der Waals surface area contributed by atoms with Crippen LogP contribution >= 0.6 is 22.9 Å². The van der Waals surface area contributed by atoms with Crippen molar-refractivity contribution in [2.24, 2.45) is 17.8 Å². The van der Waals surface area contributed by atoms with Gasteiger partial charge in [0, 0.05) is 4.88 Å². The molecule has 1 fully saturated rings. The summed E-state index contributed by atoms with van der Waals surface area (Å²) in [6.45, 7) is 6.22. The van der Waals surface area contributed by atoms with Crippen LogP contribution in [-0.2, 0) is 16.3 Å². The van der Waals surface area contributed by atoms with E-state index in [0.29, 0.717) is 23.3 Å². The summed E-state index contributed by atoms with van der Waals surface area (Å²) in [6.07, 6.45) is 1.72. The van der Waals surface area contributed by atoms with Crippen molar-refractivity contribution in [1.82, 2.24) is 5.32 Å². The maximum absolute atomic E-state index is 11.7. The lowest BCUT2D eigenvalue weighted by Crippen LogP contribution is -2.32. The van der Waals surface area contributed by atoms with Gasteiger partial charge < -0.3 is 5.32 Å². The smallest absolute Gasteiger partial charge is 0.150 e. The molecule has 2 rings (SSSR count). The Labute approximate surface area is 137 Å². The third kappa shape index (κ3) is 5.55. The standard InChI is InChI=1S/C15H24ClNO2S2/c1-11(2)8-17-9-13(7-14-3-4-15(16)20-14)12-5-6-21(18,19)10-12/h3-4,11-13,17H,5-10H2,1-2H3. The first kappa shape index (κ1) is 17.3. The minimum absolute atomic E-state index is 0.274. The number of sulfone groups is 1. The predicted octanol–water partition coefficient (Wildman–Crippen LogP) is 3.24. The highest BCUT2D eigenvalue weighted by molar-refractivity contribution is 7.91. The second kappa shape index (κ2) is 7.44. The molecule has 1 aliphatic rings. The first-order valence-electron chi connectivity index (χ1n) is 7.51. The third-order valence-corrected chi connectivity index (χ3v) is 7.03. The molecule has 0 radical (unpaired) electrons. The van der Waals surface area contributed by atoms with E-state index >= 15 is 0 Å². The number of hydrogen-bond donors (Lipinski definition) is 1. The Kier molecular flexibility index (Phi) is 6.12. The van der Waals surface area contributed by atoms with Crippen LogP contribution in [0.15, 0.2) is 12.1 Å². The fourth-order valence-electron chi connectivity index (χ4n) is 2.88. The van der Waals surface area contributed by atoms with Crippen molar-refractivity contribution in [3.8, 4) is 0 Å². The summed E-state index contributed by atoms with van der Waals surface area (Å²) in [5.74, 6) is 1.95. The van der Waals surface area contributed by atoms with Gasteiger partial charge >= 0.3 is 0 Å². The summed E-state index contributed by atoms with van der Waals surface area (Å²) in [5.41, 5.74) is 0. The molecule has 1 aromatic heterocycles. The SMILES string of the molecule is CC(C)CNCC(Cc1ccc(Cl)s1)C1CCS(=O)(=O)C1. The zero-order valence-electron chi connectivity index (χ0n) is 12.6. The molecule has 2 unspecified atom stereocenters. The van der Waals surface area contributed by atoms with Gasteiger partial charge in [-0.3, -0.25) is 0 Å². The normalized spacial score (nSPS) is 22.8. The molecule has 6 heteroatoms. The molecular weight excluding hydrogens is 326 g/mol. The highest BCUT2D eigenvalue weighted by Crippen LogP contribution is 2.31. The highest BCUT2D eigenvalue weighted by atomic mass is 35.5. The fourth-order valence-corrected chi connectivity index (χ4v) is 5.98. The average Bonchev–Trinajstić information content (AvgIpc) is 2.93. The van der Waals surface area contributed by atoms with Crippen molar-refractivity contribution in [3.05, 3.63) is 21.3 Å². The van der Waals surface area contributed by atoms with Crippen LogP contribution in [0, 0.1) is 17.8 Å². The molecule has 2 atom stereocenters. The van der Waals surface area contributed by atoms with Crippen molar-refractivity contribution in [2.75, 3.05) is 24.6 Å². The Balaban J connectivity index is 1.99. The molecule has 1 aliphatic heterocycles. The minimum Gasteiger partial charge on any atom is -0.316 e. The van der Waals surface area contributed by atoms with Gasteiger partial charge in [0.15, 0.2) is 9.84 Å². The average molecular weight is 350 g/mol. The molecule has 0 saturated carbocycles. The van der Waals surface area contributed by atoms with E-state index in [1.807, 2.05) is 6.07 Å². The van der Waals surface area contributed by atoms with E-state index in [-0.39, 0.29) is 5.92 Å². The second-order valence-corrected chi connectivity index (χ2v) is 10.4. The van der Waals surface area contributed by atoms with Crippen LogP contribution < -0.4 is 5.32 Å². The van der Waals surface area contributed by atoms with E-state index in [9.17, 15) is 8.42 Å². The van der Waals surface area contributed by atoms with E-state index in [0.717, 1.165) is 30.3 Å². The summed E-state index contributed by atoms with van der Waals surface area (Å²) < 4.78 is 24.3. The topological polar surface area (TPSA) is 46.2 Å². The van der Waals surface area contributed by atoms with Gasteiger partial charge in [-0.2, -0.15) is 0 Å². The number of thiophene rings is 1. The van der Waals surface area contributed by atoms with Crippen LogP contribution in [0.4, 0.5) is 0 Å². The Morgan fingerprint density at radius 1 is 1.38 bits per heavy atom. The van der Waals surface area contributed by atoms with E-state index < -0.39 is 9.84 Å². The Bertz CT molecular complexity index is 554. The Morgan fingerprint density at radius 3 is 2.67 bits per heavy atom. The molecule has 3 nitrogen and oxygen atoms in total. The molecule has 120 valence electrons. The van der Waals surface area contributed by atoms with Gasteiger partial charge in [-0.15, -0.1) is 11.3 Å². The van der Waals surface area contributed by atoms with E-state index in [1.54, 1.807) is 11.3 Å². The van der Waals surface area contributed by atoms with E-state index in [2.05, 4.69) is 25.2 Å². The van der Waals surface area contributed by atoms with Gasteiger partial charge in [-0.05, 0) is 55.8 Å². The molecular formula is C15H24ClNO2S2. The summed E-state index contributed by atoms with van der Waals surface area (Å²) >= 11 is 7.60. The molecule has 1 saturated heterocycles. The number of halogens is 1. The lowest BCUT2D eigenvalue weighted by Gasteiger charge is -2.23. The van der Waals surface area contributed by atoms with E-state index in [4.69, 9.17) is 11.6 Å². The van der Waals surface area contributed by atoms with Gasteiger partial charge in [0.25, 0.3) is 0 Å². The molecule has 1 aromatic rings. The van der Waals surface area contributed by atoms with Crippen molar-refractivity contribution in [3.63, 3.8) is 0 Å². The summed E-state index contributed by atoms with van der Waals surface area (Å²) in [6, 6.07) is 3.98. The third-order valence-electron chi connectivity index (χ3n) is 3.99. The zero-order valence-corrected chi connectivity index (χ0v) is 15.0. The highest BCUT2D eigenvalue weighted by Gasteiger charge is 2.33. The molecule has 0 spiro atoms. The summed E-state index contributed by atoms with van der Waals surface area (Å²) in [5, 5.41) is 3.49. The van der Waals surface area contributed by atoms with E-state index in [1.165, 1.54) is 4.88 Å². The van der Waals surface area contributed by atoms with Crippen LogP contribution in [0.2, 0.25) is 4.34 Å². The van der Waals surface area contributed by atoms with Gasteiger partial charge in [0.1, 0.15) is 0 Å². The molecule has 21 heavy (non-hydrogen) atoms. The number of rotatable bonds is 7. The van der Waals surface area contributed by atoms with Crippen LogP contribution in [0.1, 0.15) is 25.1 Å². The largest absolute Gasteiger partial charge is 0.316 e. The van der Waals surface area contributed by atoms with Crippen LogP contribution in [0.3, 0.4) is 0 Å². The molecule has 0 aromatic carbocycles. The fraction of sp³-hybridized carbons (Fsp3) is 0.733. The predicted molar refractivity (Wildman–Crippen MR) is 91.0 cm³/mol. The van der Waals surface area contributed by atoms with Crippen molar-refractivity contribution in [2.45, 2.75) is 26.7 Å². The van der Waals surface area contributed by atoms with Crippen LogP contribution in [0.25, 0.3) is 0 Å². The maximum atomic E-state index is 11.7. The Hall–Kier alpha value is -0.100. The van der Waals surface area contributed by atoms with Gasteiger partial charge in [-0.25, -0.2) is 8.42 Å². The number of hydrogen-bond acceptors (Lipinski definition) is 4. The van der Waals surface area contributed by atoms with Crippen molar-refractivity contribution < 1.29 is 8.42 Å². The van der Waals surface area contributed by atoms with Gasteiger partial charge in [0.2, 0.25) is 0 Å². The maximum Gasteiger partial charge on any atom is 0.150 e. The molecule has 2 heterocycles. The first-order chi connectivity index (χ1) is 9.85. The molecule has 0 aliphatic carbocycles. The van der Waals surface area contributed by atoms with Crippen LogP contribution in [-0.4, -0.2) is 33.0 Å². The number of nitrogens with one attached hydrogen (secondary N) is 1. The van der Waals surface area contributed by atoms with Crippen molar-refractivity contribution >= 4 is 32.8 Å². The van der Waals surface area contributed by atoms with Gasteiger partial charge in [-0.1, -0.05) is 25.4 Å². The lowest BCUT2D eigenvalue weighted by molar-refractivity contribution is 0.338. The summed E-state index contributed by atoms with van der Waals surface area (Å²) in [7, 11) is -2.82. The quantitative estimate of drug-likeness (QED) is 0.822. The second-order valence-electron chi connectivity index (χ2n) is 6.39. The van der Waals surface area contributed by atoms with Crippen molar-refractivity contribution in [1.29, 1.82) is 0 Å².